The fourth-order valence-corrected chi connectivity index (χ4v) is 4.98. The molecule has 1 saturated heterocycles. The highest BCUT2D eigenvalue weighted by molar-refractivity contribution is 7.91. The highest BCUT2D eigenvalue weighted by atomic mass is 32.2. The molecule has 0 bridgehead atoms. The molecule has 2 aliphatic rings. The minimum Gasteiger partial charge on any atom is -0.384 e. The van der Waals surface area contributed by atoms with Crippen LogP contribution in [0.25, 0.3) is 0 Å². The molecular formula is C13H21N3O2S. The fraction of sp³-hybridized carbons (Fsp3) is 0.769. The molecule has 2 heterocycles. The molecule has 19 heavy (non-hydrogen) atoms. The molecule has 2 N–H and O–H groups in total. The first-order valence-corrected chi connectivity index (χ1v) is 8.93. The van der Waals surface area contributed by atoms with Gasteiger partial charge in [-0.25, -0.2) is 13.1 Å². The Bertz CT molecular complexity index is 558. The van der Waals surface area contributed by atoms with Crippen LogP contribution in [0.15, 0.2) is 6.07 Å². The average Bonchev–Trinajstić information content (AvgIpc) is 2.93. The van der Waals surface area contributed by atoms with Crippen molar-refractivity contribution in [2.75, 3.05) is 17.2 Å². The van der Waals surface area contributed by atoms with Crippen molar-refractivity contribution in [3.63, 3.8) is 0 Å². The summed E-state index contributed by atoms with van der Waals surface area (Å²) in [5.74, 6) is 1.57. The number of hydrogen-bond donors (Lipinski definition) is 1. The Kier molecular flexibility index (Phi) is 3.28. The van der Waals surface area contributed by atoms with Crippen LogP contribution in [-0.4, -0.2) is 29.7 Å². The van der Waals surface area contributed by atoms with E-state index in [9.17, 15) is 8.42 Å². The second kappa shape index (κ2) is 4.81. The molecular weight excluding hydrogens is 262 g/mol. The van der Waals surface area contributed by atoms with E-state index in [-0.39, 0.29) is 17.5 Å². The molecule has 1 atom stereocenters. The first-order valence-electron chi connectivity index (χ1n) is 7.10. The number of anilines is 1. The summed E-state index contributed by atoms with van der Waals surface area (Å²) in [6.45, 7) is 0. The quantitative estimate of drug-likeness (QED) is 0.898. The molecule has 5 nitrogen and oxygen atoms in total. The van der Waals surface area contributed by atoms with Crippen LogP contribution in [0.4, 0.5) is 5.82 Å². The minimum absolute atomic E-state index is 0.0673. The lowest BCUT2D eigenvalue weighted by Gasteiger charge is -2.19. The topological polar surface area (TPSA) is 78.0 Å². The zero-order valence-electron chi connectivity index (χ0n) is 11.1. The van der Waals surface area contributed by atoms with Crippen molar-refractivity contribution in [3.05, 3.63) is 11.8 Å². The first-order chi connectivity index (χ1) is 9.05. The standard InChI is InChI=1S/C13H21N3O2S/c14-13-8-12(10-4-2-1-3-5-10)15-16(13)11-6-7-19(17,18)9-11/h8,10-11H,1-7,9,14H2. The Morgan fingerprint density at radius 2 is 1.95 bits per heavy atom. The summed E-state index contributed by atoms with van der Waals surface area (Å²) in [5, 5.41) is 4.61. The minimum atomic E-state index is -2.89. The van der Waals surface area contributed by atoms with Crippen LogP contribution in [0.3, 0.4) is 0 Å². The monoisotopic (exact) mass is 283 g/mol. The number of nitrogens with two attached hydrogens (primary N) is 1. The van der Waals surface area contributed by atoms with Gasteiger partial charge in [0.05, 0.1) is 23.2 Å². The number of nitrogen functional groups attached to an aromatic ring is 1. The third-order valence-corrected chi connectivity index (χ3v) is 6.11. The summed E-state index contributed by atoms with van der Waals surface area (Å²) in [4.78, 5) is 0. The molecule has 3 rings (SSSR count). The van der Waals surface area contributed by atoms with E-state index in [0.717, 1.165) is 5.69 Å². The Balaban J connectivity index is 1.81. The molecule has 106 valence electrons. The van der Waals surface area contributed by atoms with Crippen molar-refractivity contribution >= 4 is 15.7 Å². The second-order valence-corrected chi connectivity index (χ2v) is 8.06. The Morgan fingerprint density at radius 1 is 1.21 bits per heavy atom. The first kappa shape index (κ1) is 13.0. The van der Waals surface area contributed by atoms with Crippen LogP contribution >= 0.6 is 0 Å². The van der Waals surface area contributed by atoms with Crippen LogP contribution < -0.4 is 5.73 Å². The summed E-state index contributed by atoms with van der Waals surface area (Å²) >= 11 is 0. The molecule has 1 aliphatic heterocycles. The van der Waals surface area contributed by atoms with E-state index in [4.69, 9.17) is 5.73 Å². The van der Waals surface area contributed by atoms with E-state index in [1.54, 1.807) is 4.68 Å². The highest BCUT2D eigenvalue weighted by Crippen LogP contribution is 2.34. The number of sulfone groups is 1. The predicted octanol–water partition coefficient (Wildman–Crippen LogP) is 1.87. The van der Waals surface area contributed by atoms with Gasteiger partial charge < -0.3 is 5.73 Å². The maximum atomic E-state index is 11.6. The van der Waals surface area contributed by atoms with Gasteiger partial charge >= 0.3 is 0 Å². The smallest absolute Gasteiger partial charge is 0.152 e. The van der Waals surface area contributed by atoms with Crippen LogP contribution in [0, 0.1) is 0 Å². The van der Waals surface area contributed by atoms with E-state index in [0.29, 0.717) is 18.2 Å². The second-order valence-electron chi connectivity index (χ2n) is 5.83. The van der Waals surface area contributed by atoms with E-state index in [1.807, 2.05) is 6.07 Å². The summed E-state index contributed by atoms with van der Waals surface area (Å²) in [5.41, 5.74) is 7.08. The molecule has 1 saturated carbocycles. The van der Waals surface area contributed by atoms with Gasteiger partial charge in [0.2, 0.25) is 0 Å². The average molecular weight is 283 g/mol. The van der Waals surface area contributed by atoms with Gasteiger partial charge in [0.1, 0.15) is 5.82 Å². The van der Waals surface area contributed by atoms with Crippen molar-refractivity contribution < 1.29 is 8.42 Å². The lowest BCUT2D eigenvalue weighted by Crippen LogP contribution is -2.15. The zero-order valence-corrected chi connectivity index (χ0v) is 11.9. The van der Waals surface area contributed by atoms with E-state index in [2.05, 4.69) is 5.10 Å². The van der Waals surface area contributed by atoms with Crippen LogP contribution in [-0.2, 0) is 9.84 Å². The SMILES string of the molecule is Nc1cc(C2CCCCC2)nn1C1CCS(=O)(=O)C1. The number of hydrogen-bond acceptors (Lipinski definition) is 4. The molecule has 1 unspecified atom stereocenters. The third-order valence-electron chi connectivity index (χ3n) is 4.36. The Hall–Kier alpha value is -1.04. The molecule has 0 radical (unpaired) electrons. The lowest BCUT2D eigenvalue weighted by molar-refractivity contribution is 0.424. The predicted molar refractivity (Wildman–Crippen MR) is 74.8 cm³/mol. The molecule has 1 aliphatic carbocycles. The van der Waals surface area contributed by atoms with Crippen molar-refractivity contribution in [1.82, 2.24) is 9.78 Å². The van der Waals surface area contributed by atoms with E-state index >= 15 is 0 Å². The molecule has 6 heteroatoms. The fourth-order valence-electron chi connectivity index (χ4n) is 3.29. The van der Waals surface area contributed by atoms with Gasteiger partial charge in [-0.3, -0.25) is 0 Å². The van der Waals surface area contributed by atoms with Gasteiger partial charge in [-0.15, -0.1) is 0 Å². The number of aromatic nitrogens is 2. The summed E-state index contributed by atoms with van der Waals surface area (Å²) in [7, 11) is -2.89. The van der Waals surface area contributed by atoms with Gasteiger partial charge in [-0.1, -0.05) is 19.3 Å². The van der Waals surface area contributed by atoms with E-state index < -0.39 is 9.84 Å². The van der Waals surface area contributed by atoms with Crippen LogP contribution in [0.2, 0.25) is 0 Å². The molecule has 2 fully saturated rings. The maximum Gasteiger partial charge on any atom is 0.152 e. The van der Waals surface area contributed by atoms with E-state index in [1.165, 1.54) is 32.1 Å². The largest absolute Gasteiger partial charge is 0.384 e. The van der Waals surface area contributed by atoms with Crippen molar-refractivity contribution in [1.29, 1.82) is 0 Å². The van der Waals surface area contributed by atoms with Gasteiger partial charge in [0.25, 0.3) is 0 Å². The molecule has 0 spiro atoms. The van der Waals surface area contributed by atoms with Crippen LogP contribution in [0.1, 0.15) is 56.2 Å². The normalized spacial score (nSPS) is 27.7. The van der Waals surface area contributed by atoms with Crippen molar-refractivity contribution in [3.8, 4) is 0 Å². The number of rotatable bonds is 2. The molecule has 0 amide bonds. The molecule has 0 aromatic carbocycles. The molecule has 1 aromatic heterocycles. The number of nitrogens with zero attached hydrogens (tertiary/aromatic N) is 2. The molecule has 1 aromatic rings. The maximum absolute atomic E-state index is 11.6. The summed E-state index contributed by atoms with van der Waals surface area (Å²) in [6.07, 6.45) is 6.83. The highest BCUT2D eigenvalue weighted by Gasteiger charge is 2.31. The lowest BCUT2D eigenvalue weighted by atomic mass is 9.87. The van der Waals surface area contributed by atoms with Gasteiger partial charge in [-0.05, 0) is 19.3 Å². The van der Waals surface area contributed by atoms with Crippen molar-refractivity contribution in [2.24, 2.45) is 0 Å². The Labute approximate surface area is 114 Å². The Morgan fingerprint density at radius 3 is 2.58 bits per heavy atom. The summed E-state index contributed by atoms with van der Waals surface area (Å²) in [6, 6.07) is 1.88. The van der Waals surface area contributed by atoms with Gasteiger partial charge in [0, 0.05) is 12.0 Å². The zero-order chi connectivity index (χ0) is 13.5. The van der Waals surface area contributed by atoms with Gasteiger partial charge in [-0.2, -0.15) is 5.10 Å². The van der Waals surface area contributed by atoms with Crippen LogP contribution in [0.5, 0.6) is 0 Å². The summed E-state index contributed by atoms with van der Waals surface area (Å²) < 4.78 is 24.8. The van der Waals surface area contributed by atoms with Gasteiger partial charge in [0.15, 0.2) is 9.84 Å². The third kappa shape index (κ3) is 2.63. The van der Waals surface area contributed by atoms with Crippen molar-refractivity contribution in [2.45, 2.75) is 50.5 Å².